The second-order valence-corrected chi connectivity index (χ2v) is 6.06. The molecule has 1 saturated heterocycles. The van der Waals surface area contributed by atoms with Crippen LogP contribution in [0.1, 0.15) is 12.0 Å². The summed E-state index contributed by atoms with van der Waals surface area (Å²) in [4.78, 5) is 37.8. The molecule has 2 aromatic rings. The average Bonchev–Trinajstić information content (AvgIpc) is 3.26. The molecular weight excluding hydrogens is 350 g/mol. The van der Waals surface area contributed by atoms with Gasteiger partial charge in [0.05, 0.1) is 26.6 Å². The molecule has 0 unspecified atom stereocenters. The van der Waals surface area contributed by atoms with Crippen molar-refractivity contribution in [1.29, 1.82) is 0 Å². The molecule has 1 atom stereocenters. The maximum absolute atomic E-state index is 12.5. The SMILES string of the molecule is COc1ccccc1CN1C(=O)N[C@@H](CC(=O)NCCn2cccn2)C1=O. The number of carbonyl (C=O) groups is 3. The number of nitrogens with one attached hydrogen (secondary N) is 2. The summed E-state index contributed by atoms with van der Waals surface area (Å²) < 4.78 is 6.94. The van der Waals surface area contributed by atoms with Crippen LogP contribution in [0.4, 0.5) is 4.79 Å². The Labute approximate surface area is 156 Å². The molecule has 27 heavy (non-hydrogen) atoms. The van der Waals surface area contributed by atoms with E-state index in [2.05, 4.69) is 15.7 Å². The normalized spacial score (nSPS) is 16.3. The summed E-state index contributed by atoms with van der Waals surface area (Å²) in [6.45, 7) is 1.01. The molecule has 2 heterocycles. The predicted octanol–water partition coefficient (Wildman–Crippen LogP) is 0.519. The average molecular weight is 371 g/mol. The van der Waals surface area contributed by atoms with Gasteiger partial charge in [-0.3, -0.25) is 19.2 Å². The van der Waals surface area contributed by atoms with Gasteiger partial charge in [-0.1, -0.05) is 18.2 Å². The first-order valence-electron chi connectivity index (χ1n) is 8.56. The van der Waals surface area contributed by atoms with Crippen LogP contribution in [-0.4, -0.2) is 52.2 Å². The second kappa shape index (κ2) is 8.35. The van der Waals surface area contributed by atoms with E-state index in [-0.39, 0.29) is 18.9 Å². The number of rotatable bonds is 8. The van der Waals surface area contributed by atoms with Gasteiger partial charge in [-0.05, 0) is 12.1 Å². The number of para-hydroxylation sites is 1. The zero-order valence-electron chi connectivity index (χ0n) is 14.9. The van der Waals surface area contributed by atoms with Crippen LogP contribution >= 0.6 is 0 Å². The van der Waals surface area contributed by atoms with E-state index in [1.54, 1.807) is 41.3 Å². The number of imide groups is 1. The second-order valence-electron chi connectivity index (χ2n) is 6.06. The van der Waals surface area contributed by atoms with Crippen molar-refractivity contribution in [2.24, 2.45) is 0 Å². The summed E-state index contributed by atoms with van der Waals surface area (Å²) in [7, 11) is 1.53. The summed E-state index contributed by atoms with van der Waals surface area (Å²) in [6, 6.07) is 7.58. The van der Waals surface area contributed by atoms with Crippen molar-refractivity contribution in [3.63, 3.8) is 0 Å². The molecule has 142 valence electrons. The Morgan fingerprint density at radius 1 is 1.30 bits per heavy atom. The van der Waals surface area contributed by atoms with Gasteiger partial charge in [0.2, 0.25) is 5.91 Å². The van der Waals surface area contributed by atoms with Crippen molar-refractivity contribution in [1.82, 2.24) is 25.3 Å². The lowest BCUT2D eigenvalue weighted by atomic mass is 10.1. The minimum Gasteiger partial charge on any atom is -0.496 e. The molecule has 0 bridgehead atoms. The third-order valence-corrected chi connectivity index (χ3v) is 4.24. The predicted molar refractivity (Wildman–Crippen MR) is 95.7 cm³/mol. The van der Waals surface area contributed by atoms with E-state index >= 15 is 0 Å². The van der Waals surface area contributed by atoms with Crippen molar-refractivity contribution < 1.29 is 19.1 Å². The molecule has 0 aliphatic carbocycles. The number of hydrogen-bond acceptors (Lipinski definition) is 5. The van der Waals surface area contributed by atoms with Crippen molar-refractivity contribution in [3.8, 4) is 5.75 Å². The molecule has 2 N–H and O–H groups in total. The van der Waals surface area contributed by atoms with Crippen molar-refractivity contribution in [2.75, 3.05) is 13.7 Å². The Morgan fingerprint density at radius 2 is 2.11 bits per heavy atom. The smallest absolute Gasteiger partial charge is 0.325 e. The molecule has 0 radical (unpaired) electrons. The van der Waals surface area contributed by atoms with E-state index in [1.165, 1.54) is 7.11 Å². The minimum absolute atomic E-state index is 0.0894. The van der Waals surface area contributed by atoms with Gasteiger partial charge in [-0.15, -0.1) is 0 Å². The van der Waals surface area contributed by atoms with Crippen LogP contribution in [0.15, 0.2) is 42.7 Å². The lowest BCUT2D eigenvalue weighted by Gasteiger charge is -2.15. The van der Waals surface area contributed by atoms with Gasteiger partial charge < -0.3 is 15.4 Å². The number of methoxy groups -OCH3 is 1. The Hall–Kier alpha value is -3.36. The zero-order chi connectivity index (χ0) is 19.2. The van der Waals surface area contributed by atoms with Gasteiger partial charge in [0.15, 0.2) is 0 Å². The lowest BCUT2D eigenvalue weighted by Crippen LogP contribution is -2.37. The number of ether oxygens (including phenoxy) is 1. The van der Waals surface area contributed by atoms with Gasteiger partial charge in [0, 0.05) is 24.5 Å². The van der Waals surface area contributed by atoms with E-state index < -0.39 is 18.0 Å². The monoisotopic (exact) mass is 371 g/mol. The van der Waals surface area contributed by atoms with Crippen molar-refractivity contribution in [3.05, 3.63) is 48.3 Å². The summed E-state index contributed by atoms with van der Waals surface area (Å²) in [5.41, 5.74) is 0.716. The van der Waals surface area contributed by atoms with Crippen LogP contribution in [0.5, 0.6) is 5.75 Å². The van der Waals surface area contributed by atoms with Crippen molar-refractivity contribution >= 4 is 17.8 Å². The number of hydrogen-bond donors (Lipinski definition) is 2. The van der Waals surface area contributed by atoms with Gasteiger partial charge in [0.25, 0.3) is 5.91 Å². The van der Waals surface area contributed by atoms with E-state index in [9.17, 15) is 14.4 Å². The topological polar surface area (TPSA) is 106 Å². The molecule has 1 aromatic heterocycles. The number of aromatic nitrogens is 2. The first-order valence-corrected chi connectivity index (χ1v) is 8.56. The molecule has 1 fully saturated rings. The molecule has 1 aliphatic rings. The highest BCUT2D eigenvalue weighted by atomic mass is 16.5. The van der Waals surface area contributed by atoms with Crippen LogP contribution in [0.3, 0.4) is 0 Å². The number of urea groups is 1. The number of carbonyl (C=O) groups excluding carboxylic acids is 3. The summed E-state index contributed by atoms with van der Waals surface area (Å²) in [5, 5.41) is 9.33. The molecule has 4 amide bonds. The summed E-state index contributed by atoms with van der Waals surface area (Å²) in [6.07, 6.45) is 3.35. The molecule has 1 aliphatic heterocycles. The quantitative estimate of drug-likeness (QED) is 0.658. The van der Waals surface area contributed by atoms with Crippen LogP contribution in [0, 0.1) is 0 Å². The Morgan fingerprint density at radius 3 is 2.85 bits per heavy atom. The molecule has 0 spiro atoms. The fourth-order valence-electron chi connectivity index (χ4n) is 2.87. The van der Waals surface area contributed by atoms with Crippen molar-refractivity contribution in [2.45, 2.75) is 25.6 Å². The van der Waals surface area contributed by atoms with Gasteiger partial charge in [0.1, 0.15) is 11.8 Å². The van der Waals surface area contributed by atoms with E-state index in [0.717, 1.165) is 4.90 Å². The Balaban J connectivity index is 1.53. The molecule has 0 saturated carbocycles. The highest BCUT2D eigenvalue weighted by molar-refractivity contribution is 6.05. The lowest BCUT2D eigenvalue weighted by molar-refractivity contribution is -0.131. The first kappa shape index (κ1) is 18.4. The van der Waals surface area contributed by atoms with Crippen LogP contribution in [0.25, 0.3) is 0 Å². The van der Waals surface area contributed by atoms with Crippen LogP contribution in [-0.2, 0) is 22.7 Å². The Kier molecular flexibility index (Phi) is 5.70. The molecule has 9 nitrogen and oxygen atoms in total. The van der Waals surface area contributed by atoms with Gasteiger partial charge in [-0.25, -0.2) is 4.79 Å². The largest absolute Gasteiger partial charge is 0.496 e. The minimum atomic E-state index is -0.864. The fourth-order valence-corrected chi connectivity index (χ4v) is 2.87. The highest BCUT2D eigenvalue weighted by Gasteiger charge is 2.39. The van der Waals surface area contributed by atoms with Crippen LogP contribution < -0.4 is 15.4 Å². The van der Waals surface area contributed by atoms with E-state index in [1.807, 2.05) is 6.07 Å². The molecule has 9 heteroatoms. The molecular formula is C18H21N5O4. The third-order valence-electron chi connectivity index (χ3n) is 4.24. The molecule has 3 rings (SSSR count). The van der Waals surface area contributed by atoms with E-state index in [4.69, 9.17) is 4.74 Å². The summed E-state index contributed by atoms with van der Waals surface area (Å²) >= 11 is 0. The standard InChI is InChI=1S/C18H21N5O4/c1-27-15-6-3-2-5-13(15)12-23-17(25)14(21-18(23)26)11-16(24)19-8-10-22-9-4-7-20-22/h2-7,9,14H,8,10-12H2,1H3,(H,19,24)(H,21,26)/t14-/m0/s1. The summed E-state index contributed by atoms with van der Waals surface area (Å²) in [5.74, 6) is -0.133. The van der Waals surface area contributed by atoms with Gasteiger partial charge >= 0.3 is 6.03 Å². The number of benzene rings is 1. The zero-order valence-corrected chi connectivity index (χ0v) is 14.9. The maximum Gasteiger partial charge on any atom is 0.325 e. The molecule has 1 aromatic carbocycles. The van der Waals surface area contributed by atoms with Crippen LogP contribution in [0.2, 0.25) is 0 Å². The Bertz CT molecular complexity index is 821. The fraction of sp³-hybridized carbons (Fsp3) is 0.333. The van der Waals surface area contributed by atoms with Gasteiger partial charge in [-0.2, -0.15) is 5.10 Å². The maximum atomic E-state index is 12.5. The first-order chi connectivity index (χ1) is 13.1. The number of amides is 4. The number of nitrogens with zero attached hydrogens (tertiary/aromatic N) is 3. The highest BCUT2D eigenvalue weighted by Crippen LogP contribution is 2.21. The third kappa shape index (κ3) is 4.43. The van der Waals surface area contributed by atoms with E-state index in [0.29, 0.717) is 24.4 Å².